The first-order valence-corrected chi connectivity index (χ1v) is 10.1. The molecule has 0 saturated carbocycles. The number of hydrogen-bond donors (Lipinski definition) is 3. The van der Waals surface area contributed by atoms with Gasteiger partial charge >= 0.3 is 0 Å². The minimum absolute atomic E-state index is 0.0220. The van der Waals surface area contributed by atoms with E-state index in [9.17, 15) is 9.59 Å². The standard InChI is InChI=1S/C23H28N4O2/c24-15-18-12-11-17(23(25)26)14-19(18)22(29)20-9-5-13-27(20)21(28)10-4-8-16-6-2-1-3-7-16/h1-3,6-7,11-12,14,20H,4-5,8-10,13,15,24H2,(H3,25,26)/t20-/m0/s1. The minimum atomic E-state index is -0.466. The number of ketones is 1. The van der Waals surface area contributed by atoms with E-state index in [4.69, 9.17) is 16.9 Å². The van der Waals surface area contributed by atoms with Gasteiger partial charge in [0.2, 0.25) is 5.91 Å². The van der Waals surface area contributed by atoms with E-state index in [1.807, 2.05) is 18.2 Å². The monoisotopic (exact) mass is 392 g/mol. The summed E-state index contributed by atoms with van der Waals surface area (Å²) in [7, 11) is 0. The third kappa shape index (κ3) is 4.90. The predicted molar refractivity (Wildman–Crippen MR) is 114 cm³/mol. The maximum Gasteiger partial charge on any atom is 0.223 e. The van der Waals surface area contributed by atoms with Gasteiger partial charge in [-0.2, -0.15) is 0 Å². The Morgan fingerprint density at radius 1 is 1.14 bits per heavy atom. The molecule has 1 saturated heterocycles. The number of aryl methyl sites for hydroxylation is 1. The first-order valence-electron chi connectivity index (χ1n) is 10.1. The molecule has 1 aliphatic heterocycles. The quantitative estimate of drug-likeness (QED) is 0.364. The number of amides is 1. The second kappa shape index (κ2) is 9.47. The number of likely N-dealkylation sites (tertiary alicyclic amines) is 1. The lowest BCUT2D eigenvalue weighted by molar-refractivity contribution is -0.131. The van der Waals surface area contributed by atoms with Gasteiger partial charge in [-0.05, 0) is 42.9 Å². The third-order valence-corrected chi connectivity index (χ3v) is 5.48. The number of nitrogens with two attached hydrogens (primary N) is 2. The maximum atomic E-state index is 13.3. The molecule has 1 heterocycles. The van der Waals surface area contributed by atoms with Gasteiger partial charge in [0.15, 0.2) is 5.78 Å². The molecule has 0 aliphatic carbocycles. The van der Waals surface area contributed by atoms with Crippen LogP contribution < -0.4 is 11.5 Å². The summed E-state index contributed by atoms with van der Waals surface area (Å²) >= 11 is 0. The van der Waals surface area contributed by atoms with E-state index in [1.54, 1.807) is 23.1 Å². The fourth-order valence-corrected chi connectivity index (χ4v) is 3.90. The summed E-state index contributed by atoms with van der Waals surface area (Å²) < 4.78 is 0. The zero-order valence-electron chi connectivity index (χ0n) is 16.6. The Morgan fingerprint density at radius 3 is 2.59 bits per heavy atom. The van der Waals surface area contributed by atoms with Gasteiger partial charge in [0.1, 0.15) is 5.84 Å². The molecule has 1 amide bonds. The number of nitrogens with zero attached hydrogens (tertiary/aromatic N) is 1. The van der Waals surface area contributed by atoms with Crippen molar-refractivity contribution >= 4 is 17.5 Å². The topological polar surface area (TPSA) is 113 Å². The lowest BCUT2D eigenvalue weighted by Crippen LogP contribution is -2.41. The molecule has 0 unspecified atom stereocenters. The minimum Gasteiger partial charge on any atom is -0.384 e. The number of carbonyl (C=O) groups is 2. The molecule has 6 heteroatoms. The SMILES string of the molecule is N=C(N)c1ccc(CN)c(C(=O)[C@@H]2CCCN2C(=O)CCCc2ccccc2)c1. The van der Waals surface area contributed by atoms with Crippen LogP contribution in [0.4, 0.5) is 0 Å². The second-order valence-electron chi connectivity index (χ2n) is 7.44. The van der Waals surface area contributed by atoms with Crippen LogP contribution in [0.15, 0.2) is 48.5 Å². The molecule has 0 aromatic heterocycles. The van der Waals surface area contributed by atoms with Gasteiger partial charge in [-0.15, -0.1) is 0 Å². The van der Waals surface area contributed by atoms with Crippen molar-refractivity contribution in [1.82, 2.24) is 4.90 Å². The van der Waals surface area contributed by atoms with E-state index in [2.05, 4.69) is 12.1 Å². The third-order valence-electron chi connectivity index (χ3n) is 5.48. The smallest absolute Gasteiger partial charge is 0.223 e. The Morgan fingerprint density at radius 2 is 1.90 bits per heavy atom. The summed E-state index contributed by atoms with van der Waals surface area (Å²) in [6.07, 6.45) is 3.49. The van der Waals surface area contributed by atoms with Crippen LogP contribution in [0, 0.1) is 5.41 Å². The summed E-state index contributed by atoms with van der Waals surface area (Å²) in [5, 5.41) is 7.64. The van der Waals surface area contributed by atoms with Crippen molar-refractivity contribution in [3.63, 3.8) is 0 Å². The van der Waals surface area contributed by atoms with Crippen LogP contribution in [-0.2, 0) is 17.8 Å². The van der Waals surface area contributed by atoms with E-state index >= 15 is 0 Å². The van der Waals surface area contributed by atoms with Crippen LogP contribution in [0.5, 0.6) is 0 Å². The van der Waals surface area contributed by atoms with Crippen molar-refractivity contribution < 1.29 is 9.59 Å². The first-order chi connectivity index (χ1) is 14.0. The van der Waals surface area contributed by atoms with Crippen molar-refractivity contribution in [1.29, 1.82) is 5.41 Å². The number of rotatable bonds is 8. The van der Waals surface area contributed by atoms with Crippen molar-refractivity contribution in [3.05, 3.63) is 70.8 Å². The molecule has 5 N–H and O–H groups in total. The molecule has 2 aromatic carbocycles. The molecule has 0 radical (unpaired) electrons. The van der Waals surface area contributed by atoms with Crippen LogP contribution in [0.3, 0.4) is 0 Å². The van der Waals surface area contributed by atoms with Gasteiger partial charge < -0.3 is 16.4 Å². The number of amidine groups is 1. The molecular weight excluding hydrogens is 364 g/mol. The fraction of sp³-hybridized carbons (Fsp3) is 0.348. The van der Waals surface area contributed by atoms with Crippen molar-refractivity contribution in [2.24, 2.45) is 11.5 Å². The Labute approximate surface area is 171 Å². The zero-order valence-corrected chi connectivity index (χ0v) is 16.6. The van der Waals surface area contributed by atoms with E-state index in [0.29, 0.717) is 36.1 Å². The van der Waals surface area contributed by atoms with Gasteiger partial charge in [0.25, 0.3) is 0 Å². The van der Waals surface area contributed by atoms with Gasteiger partial charge in [-0.25, -0.2) is 0 Å². The Bertz CT molecular complexity index is 895. The Hall–Kier alpha value is -2.99. The Kier molecular flexibility index (Phi) is 6.77. The number of Topliss-reactive ketones (excluding diaryl/α,β-unsaturated/α-hetero) is 1. The highest BCUT2D eigenvalue weighted by Gasteiger charge is 2.35. The Balaban J connectivity index is 1.69. The van der Waals surface area contributed by atoms with Crippen LogP contribution in [0.2, 0.25) is 0 Å². The average Bonchev–Trinajstić information content (AvgIpc) is 3.23. The molecule has 1 aliphatic rings. The predicted octanol–water partition coefficient (Wildman–Crippen LogP) is 2.63. The number of benzene rings is 2. The van der Waals surface area contributed by atoms with Crippen LogP contribution >= 0.6 is 0 Å². The molecule has 1 atom stereocenters. The van der Waals surface area contributed by atoms with Gasteiger partial charge in [-0.3, -0.25) is 15.0 Å². The molecule has 152 valence electrons. The molecule has 0 spiro atoms. The first kappa shape index (κ1) is 20.7. The van der Waals surface area contributed by atoms with E-state index in [-0.39, 0.29) is 24.1 Å². The lowest BCUT2D eigenvalue weighted by Gasteiger charge is -2.25. The highest BCUT2D eigenvalue weighted by Crippen LogP contribution is 2.25. The van der Waals surface area contributed by atoms with Crippen molar-refractivity contribution in [2.45, 2.75) is 44.7 Å². The van der Waals surface area contributed by atoms with Crippen molar-refractivity contribution in [3.8, 4) is 0 Å². The number of carbonyl (C=O) groups excluding carboxylic acids is 2. The van der Waals surface area contributed by atoms with E-state index in [0.717, 1.165) is 19.3 Å². The van der Waals surface area contributed by atoms with Crippen LogP contribution in [0.1, 0.15) is 52.7 Å². The molecule has 1 fully saturated rings. The summed E-state index contributed by atoms with van der Waals surface area (Å²) in [5.74, 6) is -0.181. The average molecular weight is 393 g/mol. The van der Waals surface area contributed by atoms with Gasteiger partial charge in [-0.1, -0.05) is 42.5 Å². The highest BCUT2D eigenvalue weighted by atomic mass is 16.2. The second-order valence-corrected chi connectivity index (χ2v) is 7.44. The summed E-state index contributed by atoms with van der Waals surface area (Å²) in [6.45, 7) is 0.821. The zero-order chi connectivity index (χ0) is 20.8. The van der Waals surface area contributed by atoms with E-state index in [1.165, 1.54) is 5.56 Å². The molecule has 6 nitrogen and oxygen atoms in total. The largest absolute Gasteiger partial charge is 0.384 e. The van der Waals surface area contributed by atoms with Gasteiger partial charge in [0.05, 0.1) is 6.04 Å². The van der Waals surface area contributed by atoms with Gasteiger partial charge in [0, 0.05) is 30.6 Å². The molecule has 2 aromatic rings. The molecule has 29 heavy (non-hydrogen) atoms. The number of nitrogens with one attached hydrogen (secondary N) is 1. The lowest BCUT2D eigenvalue weighted by atomic mass is 9.95. The van der Waals surface area contributed by atoms with E-state index < -0.39 is 6.04 Å². The van der Waals surface area contributed by atoms with Crippen molar-refractivity contribution in [2.75, 3.05) is 6.54 Å². The maximum absolute atomic E-state index is 13.3. The number of hydrogen-bond acceptors (Lipinski definition) is 4. The van der Waals surface area contributed by atoms with Crippen LogP contribution in [0.25, 0.3) is 0 Å². The highest BCUT2D eigenvalue weighted by molar-refractivity contribution is 6.05. The normalized spacial score (nSPS) is 16.0. The summed E-state index contributed by atoms with van der Waals surface area (Å²) in [4.78, 5) is 27.8. The summed E-state index contributed by atoms with van der Waals surface area (Å²) in [6, 6.07) is 14.7. The molecule has 3 rings (SSSR count). The fourth-order valence-electron chi connectivity index (χ4n) is 3.90. The van der Waals surface area contributed by atoms with Crippen LogP contribution in [-0.4, -0.2) is 35.0 Å². The molecular formula is C23H28N4O2. The summed E-state index contributed by atoms with van der Waals surface area (Å²) in [5.41, 5.74) is 14.3. The number of nitrogen functional groups attached to an aromatic ring is 1. The molecule has 0 bridgehead atoms.